The van der Waals surface area contributed by atoms with E-state index in [9.17, 15) is 9.50 Å². The van der Waals surface area contributed by atoms with E-state index in [1.165, 1.54) is 5.56 Å². The highest BCUT2D eigenvalue weighted by atomic mass is 35.5. The van der Waals surface area contributed by atoms with Gasteiger partial charge in [-0.05, 0) is 76.3 Å². The first-order valence-electron chi connectivity index (χ1n) is 9.36. The zero-order chi connectivity index (χ0) is 19.2. The smallest absolute Gasteiger partial charge is 0.135 e. The minimum absolute atomic E-state index is 0.319. The largest absolute Gasteiger partial charge is 0.387 e. The number of aryl methyl sites for hydroxylation is 1. The number of likely N-dealkylation sites (tertiary alicyclic amines) is 1. The summed E-state index contributed by atoms with van der Waals surface area (Å²) >= 11 is 6.03. The molecule has 1 saturated heterocycles. The van der Waals surface area contributed by atoms with Gasteiger partial charge in [-0.1, -0.05) is 23.7 Å². The molecule has 5 heteroatoms. The number of fused-ring (bicyclic) bond motifs is 1. The third-order valence-electron chi connectivity index (χ3n) is 5.29. The Morgan fingerprint density at radius 2 is 2.12 bits per heavy atom. The fraction of sp³-hybridized carbons (Fsp3) is 0.571. The Balaban J connectivity index is 0.000000195. The van der Waals surface area contributed by atoms with Gasteiger partial charge in [-0.15, -0.1) is 0 Å². The lowest BCUT2D eigenvalue weighted by molar-refractivity contribution is 0.102. The summed E-state index contributed by atoms with van der Waals surface area (Å²) in [5, 5.41) is 10.0. The van der Waals surface area contributed by atoms with Crippen molar-refractivity contribution in [2.45, 2.75) is 57.7 Å². The van der Waals surface area contributed by atoms with Crippen molar-refractivity contribution in [3.8, 4) is 0 Å². The number of aromatic nitrogens is 1. The summed E-state index contributed by atoms with van der Waals surface area (Å²) < 4.78 is 14.5. The third-order valence-corrected chi connectivity index (χ3v) is 5.70. The number of halogens is 2. The maximum Gasteiger partial charge on any atom is 0.135 e. The van der Waals surface area contributed by atoms with Crippen LogP contribution in [-0.4, -0.2) is 40.8 Å². The van der Waals surface area contributed by atoms with Crippen molar-refractivity contribution in [1.82, 2.24) is 9.88 Å². The van der Waals surface area contributed by atoms with E-state index in [-0.39, 0.29) is 6.10 Å². The van der Waals surface area contributed by atoms with Gasteiger partial charge in [0.2, 0.25) is 0 Å². The Morgan fingerprint density at radius 1 is 1.42 bits per heavy atom. The van der Waals surface area contributed by atoms with E-state index in [4.69, 9.17) is 11.6 Å². The number of allylic oxidation sites excluding steroid dienone is 4. The van der Waals surface area contributed by atoms with Gasteiger partial charge in [0.1, 0.15) is 5.67 Å². The summed E-state index contributed by atoms with van der Waals surface area (Å²) in [7, 11) is 2.02. The maximum atomic E-state index is 14.5. The third kappa shape index (κ3) is 5.38. The summed E-state index contributed by atoms with van der Waals surface area (Å²) in [5.74, 6) is 0. The molecule has 3 nitrogen and oxygen atoms in total. The number of hydrogen-bond donors (Lipinski definition) is 1. The van der Waals surface area contributed by atoms with Crippen molar-refractivity contribution in [2.24, 2.45) is 0 Å². The number of piperidine rings is 1. The number of rotatable bonds is 2. The molecule has 1 N–H and O–H groups in total. The Bertz CT molecular complexity index is 651. The predicted molar refractivity (Wildman–Crippen MR) is 106 cm³/mol. The second-order valence-corrected chi connectivity index (χ2v) is 7.60. The molecule has 1 aliphatic carbocycles. The number of pyridine rings is 1. The molecule has 1 aromatic heterocycles. The van der Waals surface area contributed by atoms with Gasteiger partial charge >= 0.3 is 0 Å². The van der Waals surface area contributed by atoms with Gasteiger partial charge in [0.15, 0.2) is 0 Å². The van der Waals surface area contributed by atoms with Crippen molar-refractivity contribution in [1.29, 1.82) is 0 Å². The van der Waals surface area contributed by atoms with Crippen LogP contribution in [0.15, 0.2) is 41.1 Å². The van der Waals surface area contributed by atoms with E-state index in [1.54, 1.807) is 19.2 Å². The highest BCUT2D eigenvalue weighted by Gasteiger charge is 2.36. The lowest BCUT2D eigenvalue weighted by Crippen LogP contribution is -2.40. The number of aliphatic hydroxyl groups excluding tert-OH is 1. The monoisotopic (exact) mass is 380 g/mol. The topological polar surface area (TPSA) is 36.4 Å². The van der Waals surface area contributed by atoms with Gasteiger partial charge in [0.05, 0.1) is 11.8 Å². The molecule has 0 radical (unpaired) electrons. The number of hydrogen-bond acceptors (Lipinski definition) is 3. The van der Waals surface area contributed by atoms with Crippen LogP contribution in [0.5, 0.6) is 0 Å². The molecular weight excluding hydrogens is 351 g/mol. The summed E-state index contributed by atoms with van der Waals surface area (Å²) in [4.78, 5) is 6.30. The Hall–Kier alpha value is -1.23. The Morgan fingerprint density at radius 3 is 2.73 bits per heavy atom. The zero-order valence-corrected chi connectivity index (χ0v) is 16.8. The van der Waals surface area contributed by atoms with E-state index in [2.05, 4.69) is 9.88 Å². The highest BCUT2D eigenvalue weighted by molar-refractivity contribution is 6.31. The molecule has 0 bridgehead atoms. The van der Waals surface area contributed by atoms with Crippen molar-refractivity contribution in [3.63, 3.8) is 0 Å². The first-order valence-corrected chi connectivity index (χ1v) is 9.74. The first-order chi connectivity index (χ1) is 12.4. The van der Waals surface area contributed by atoms with Crippen LogP contribution >= 0.6 is 11.6 Å². The molecule has 144 valence electrons. The van der Waals surface area contributed by atoms with Gasteiger partial charge in [0.25, 0.3) is 0 Å². The molecule has 3 rings (SSSR count). The predicted octanol–water partition coefficient (Wildman–Crippen LogP) is 4.96. The lowest BCUT2D eigenvalue weighted by Gasteiger charge is -2.35. The summed E-state index contributed by atoms with van der Waals surface area (Å²) in [6.45, 7) is 5.28. The molecule has 2 heterocycles. The molecule has 0 saturated carbocycles. The van der Waals surface area contributed by atoms with E-state index >= 15 is 0 Å². The molecule has 1 aromatic rings. The molecule has 1 atom stereocenters. The van der Waals surface area contributed by atoms with Crippen LogP contribution in [0, 0.1) is 0 Å². The van der Waals surface area contributed by atoms with Crippen LogP contribution in [-0.2, 0) is 6.42 Å². The minimum Gasteiger partial charge on any atom is -0.387 e. The summed E-state index contributed by atoms with van der Waals surface area (Å²) in [5.41, 5.74) is 1.57. The van der Waals surface area contributed by atoms with Gasteiger partial charge in [0, 0.05) is 24.3 Å². The van der Waals surface area contributed by atoms with Crippen LogP contribution in [0.2, 0.25) is 0 Å². The average molecular weight is 381 g/mol. The molecule has 26 heavy (non-hydrogen) atoms. The fourth-order valence-corrected chi connectivity index (χ4v) is 3.71. The molecule has 0 spiro atoms. The molecular formula is C21H30ClFN2O. The quantitative estimate of drug-likeness (QED) is 0.736. The Kier molecular flexibility index (Phi) is 7.81. The van der Waals surface area contributed by atoms with E-state index in [1.807, 2.05) is 32.2 Å². The first kappa shape index (κ1) is 21.1. The van der Waals surface area contributed by atoms with Crippen molar-refractivity contribution < 1.29 is 9.50 Å². The van der Waals surface area contributed by atoms with Crippen molar-refractivity contribution in [3.05, 3.63) is 52.3 Å². The van der Waals surface area contributed by atoms with E-state index in [0.717, 1.165) is 38.0 Å². The Labute approximate surface area is 161 Å². The molecule has 0 aromatic carbocycles. The average Bonchev–Trinajstić information content (AvgIpc) is 2.65. The second-order valence-electron chi connectivity index (χ2n) is 7.20. The van der Waals surface area contributed by atoms with E-state index in [0.29, 0.717) is 23.4 Å². The highest BCUT2D eigenvalue weighted by Crippen LogP contribution is 2.36. The molecule has 0 amide bonds. The maximum absolute atomic E-state index is 14.5. The van der Waals surface area contributed by atoms with Crippen LogP contribution in [0.4, 0.5) is 4.39 Å². The van der Waals surface area contributed by atoms with E-state index < -0.39 is 5.67 Å². The molecule has 1 fully saturated rings. The normalized spacial score (nSPS) is 23.7. The van der Waals surface area contributed by atoms with Crippen LogP contribution in [0.25, 0.3) is 0 Å². The van der Waals surface area contributed by atoms with Gasteiger partial charge in [-0.3, -0.25) is 4.98 Å². The van der Waals surface area contributed by atoms with Gasteiger partial charge < -0.3 is 10.0 Å². The SMILES string of the molecule is C/C=C\C(Cl)=C(/C)C1(F)CCN(C)CC1.OC1CCCc2cccnc21. The second kappa shape index (κ2) is 9.63. The zero-order valence-electron chi connectivity index (χ0n) is 16.0. The van der Waals surface area contributed by atoms with Crippen molar-refractivity contribution >= 4 is 11.6 Å². The standard InChI is InChI=1S/C12H19ClFN.C9H11NO/c1-4-5-11(13)10(2)12(14)6-8-15(3)9-7-12;11-8-5-1-3-7-4-2-6-10-9(7)8/h4-5H,6-9H2,1-3H3;2,4,6,8,11H,1,3,5H2/b5-4-,11-10-;. The fourth-order valence-electron chi connectivity index (χ4n) is 3.42. The van der Waals surface area contributed by atoms with Gasteiger partial charge in [-0.2, -0.15) is 0 Å². The lowest BCUT2D eigenvalue weighted by atomic mass is 9.86. The van der Waals surface area contributed by atoms with Gasteiger partial charge in [-0.25, -0.2) is 4.39 Å². The van der Waals surface area contributed by atoms with Crippen molar-refractivity contribution in [2.75, 3.05) is 20.1 Å². The number of nitrogens with zero attached hydrogens (tertiary/aromatic N) is 2. The summed E-state index contributed by atoms with van der Waals surface area (Å²) in [6.07, 6.45) is 9.13. The van der Waals surface area contributed by atoms with Crippen LogP contribution < -0.4 is 0 Å². The number of alkyl halides is 1. The molecule has 1 aliphatic heterocycles. The van der Waals surface area contributed by atoms with Crippen LogP contribution in [0.1, 0.15) is 56.9 Å². The molecule has 1 unspecified atom stereocenters. The number of aliphatic hydroxyl groups is 1. The summed E-state index contributed by atoms with van der Waals surface area (Å²) in [6, 6.07) is 3.97. The van der Waals surface area contributed by atoms with Crippen LogP contribution in [0.3, 0.4) is 0 Å². The minimum atomic E-state index is -1.21. The molecule has 2 aliphatic rings.